The number of nitrogens with zero attached hydrogens (tertiary/aromatic N) is 3. The summed E-state index contributed by atoms with van der Waals surface area (Å²) in [7, 11) is 2.16. The molecular weight excluding hydrogens is 657 g/mol. The van der Waals surface area contributed by atoms with Gasteiger partial charge in [0.1, 0.15) is 23.7 Å². The Morgan fingerprint density at radius 2 is 1.80 bits per heavy atom. The van der Waals surface area contributed by atoms with Crippen LogP contribution in [0.3, 0.4) is 0 Å². The smallest absolute Gasteiger partial charge is 0.305 e. The number of aryl methyl sites for hydroxylation is 1. The van der Waals surface area contributed by atoms with E-state index in [-0.39, 0.29) is 34.7 Å². The van der Waals surface area contributed by atoms with Gasteiger partial charge in [-0.3, -0.25) is 24.3 Å². The number of likely N-dealkylation sites (tertiary alicyclic amines) is 2. The minimum Gasteiger partial charge on any atom is -0.481 e. The third-order valence-electron chi connectivity index (χ3n) is 10.7. The first kappa shape index (κ1) is 37.9. The molecule has 0 aromatic heterocycles. The summed E-state index contributed by atoms with van der Waals surface area (Å²) in [6.07, 6.45) is 8.14. The molecule has 50 heavy (non-hydrogen) atoms. The van der Waals surface area contributed by atoms with E-state index in [0.717, 1.165) is 61.3 Å². The third kappa shape index (κ3) is 8.57. The highest BCUT2D eigenvalue weighted by Crippen LogP contribution is 2.41. The zero-order valence-corrected chi connectivity index (χ0v) is 31.2. The van der Waals surface area contributed by atoms with Gasteiger partial charge in [-0.2, -0.15) is 0 Å². The molecule has 3 unspecified atom stereocenters. The topological polar surface area (TPSA) is 114 Å². The number of amides is 2. The van der Waals surface area contributed by atoms with Gasteiger partial charge in [-0.15, -0.1) is 11.6 Å². The number of rotatable bonds is 11. The molecule has 1 aromatic rings. The molecule has 11 heteroatoms. The number of allylic oxidation sites excluding steroid dienone is 4. The highest BCUT2D eigenvalue weighted by molar-refractivity contribution is 6.43. The van der Waals surface area contributed by atoms with E-state index >= 15 is 4.39 Å². The molecule has 5 rings (SSSR count). The van der Waals surface area contributed by atoms with Crippen molar-refractivity contribution in [1.29, 1.82) is 0 Å². The van der Waals surface area contributed by atoms with Gasteiger partial charge < -0.3 is 20.6 Å². The van der Waals surface area contributed by atoms with E-state index < -0.39 is 42.1 Å². The van der Waals surface area contributed by atoms with Crippen molar-refractivity contribution in [1.82, 2.24) is 20.4 Å². The molecule has 9 nitrogen and oxygen atoms in total. The van der Waals surface area contributed by atoms with Gasteiger partial charge in [0.25, 0.3) is 5.91 Å². The summed E-state index contributed by atoms with van der Waals surface area (Å²) in [5.41, 5.74) is 4.75. The molecule has 3 aliphatic heterocycles. The molecule has 272 valence electrons. The number of hydrogen-bond donors (Lipinski definition) is 3. The zero-order chi connectivity index (χ0) is 36.5. The molecule has 3 heterocycles. The van der Waals surface area contributed by atoms with Crippen LogP contribution in [0.2, 0.25) is 0 Å². The molecule has 1 aromatic carbocycles. The van der Waals surface area contributed by atoms with Crippen LogP contribution in [-0.2, 0) is 14.4 Å². The van der Waals surface area contributed by atoms with E-state index in [4.69, 9.17) is 16.6 Å². The van der Waals surface area contributed by atoms with E-state index in [1.807, 2.05) is 39.8 Å². The lowest BCUT2D eigenvalue weighted by Gasteiger charge is -2.54. The Morgan fingerprint density at radius 3 is 2.40 bits per heavy atom. The lowest BCUT2D eigenvalue weighted by atomic mass is 9.72. The van der Waals surface area contributed by atoms with Crippen molar-refractivity contribution in [3.05, 3.63) is 64.0 Å². The second kappa shape index (κ2) is 15.5. The molecular formula is C39H53ClFN5O4. The molecule has 3 N–H and O–H groups in total. The highest BCUT2D eigenvalue weighted by Gasteiger charge is 2.44. The minimum atomic E-state index is -1.19. The maximum Gasteiger partial charge on any atom is 0.305 e. The maximum atomic E-state index is 15.8. The van der Waals surface area contributed by atoms with Crippen LogP contribution >= 0.6 is 11.6 Å². The Morgan fingerprint density at radius 1 is 1.12 bits per heavy atom. The number of aliphatic imine (C=N–C) groups is 1. The second-order valence-corrected chi connectivity index (χ2v) is 16.2. The van der Waals surface area contributed by atoms with Crippen LogP contribution in [0.1, 0.15) is 89.5 Å². The number of piperidine rings is 1. The van der Waals surface area contributed by atoms with Crippen molar-refractivity contribution in [2.24, 2.45) is 22.2 Å². The number of hydrogen-bond acceptors (Lipinski definition) is 6. The summed E-state index contributed by atoms with van der Waals surface area (Å²) in [5, 5.41) is 15.4. The van der Waals surface area contributed by atoms with Gasteiger partial charge in [-0.05, 0) is 105 Å². The molecule has 0 saturated carbocycles. The van der Waals surface area contributed by atoms with E-state index in [1.165, 1.54) is 0 Å². The third-order valence-corrected chi connectivity index (χ3v) is 11.0. The number of nitrogens with one attached hydrogen (secondary N) is 2. The van der Waals surface area contributed by atoms with E-state index in [9.17, 15) is 19.5 Å². The van der Waals surface area contributed by atoms with Gasteiger partial charge in [0.15, 0.2) is 0 Å². The maximum absolute atomic E-state index is 15.8. The molecule has 1 spiro atoms. The molecule has 2 saturated heterocycles. The molecule has 2 amide bonds. The van der Waals surface area contributed by atoms with Crippen molar-refractivity contribution in [2.75, 3.05) is 33.2 Å². The number of alkyl halides is 1. The highest BCUT2D eigenvalue weighted by atomic mass is 35.5. The Bertz CT molecular complexity index is 1620. The molecule has 1 aliphatic carbocycles. The predicted octanol–water partition coefficient (Wildman–Crippen LogP) is 6.03. The van der Waals surface area contributed by atoms with Crippen LogP contribution in [0, 0.1) is 30.0 Å². The second-order valence-electron chi connectivity index (χ2n) is 15.6. The largest absolute Gasteiger partial charge is 0.481 e. The summed E-state index contributed by atoms with van der Waals surface area (Å²) in [5.74, 6) is -2.65. The number of carboxylic acids is 1. The Balaban J connectivity index is 1.35. The Kier molecular flexibility index (Phi) is 11.7. The first-order valence-electron chi connectivity index (χ1n) is 17.9. The SMILES string of the molecule is CC1=CC(Cl)CC(C)=C1c1cc(C)c(F)c([C@H](CC(=O)O)NC(=O)[C@H](CC(C)C)NC(=O)C2=NC(N3CCC4(CC3)CN(C)C4)C(C)C=C2)c1. The van der Waals surface area contributed by atoms with Crippen molar-refractivity contribution in [2.45, 2.75) is 97.3 Å². The van der Waals surface area contributed by atoms with Crippen LogP contribution < -0.4 is 10.6 Å². The van der Waals surface area contributed by atoms with Gasteiger partial charge in [-0.25, -0.2) is 4.39 Å². The normalized spacial score (nSPS) is 25.1. The first-order valence-corrected chi connectivity index (χ1v) is 18.3. The van der Waals surface area contributed by atoms with Crippen molar-refractivity contribution < 1.29 is 23.9 Å². The minimum absolute atomic E-state index is 0.0239. The number of carbonyl (C=O) groups is 3. The average Bonchev–Trinajstić information content (AvgIpc) is 3.01. The number of halogens is 2. The van der Waals surface area contributed by atoms with E-state index in [2.05, 4.69) is 34.4 Å². The fraction of sp³-hybridized carbons (Fsp3) is 0.590. The lowest BCUT2D eigenvalue weighted by molar-refractivity contribution is -0.138. The molecule has 2 fully saturated rings. The van der Waals surface area contributed by atoms with Gasteiger partial charge in [0.2, 0.25) is 5.91 Å². The molecule has 5 atom stereocenters. The fourth-order valence-corrected chi connectivity index (χ4v) is 8.73. The van der Waals surface area contributed by atoms with Crippen LogP contribution in [0.5, 0.6) is 0 Å². The monoisotopic (exact) mass is 709 g/mol. The van der Waals surface area contributed by atoms with Gasteiger partial charge in [-0.1, -0.05) is 38.5 Å². The molecule has 4 aliphatic rings. The zero-order valence-electron chi connectivity index (χ0n) is 30.5. The Labute approximate surface area is 301 Å². The number of aliphatic carboxylic acids is 1. The van der Waals surface area contributed by atoms with E-state index in [0.29, 0.717) is 23.8 Å². The summed E-state index contributed by atoms with van der Waals surface area (Å²) < 4.78 is 15.8. The molecule has 0 bridgehead atoms. The standard InChI is InChI=1S/C39H53ClFN5O4/c1-22(2)14-32(44-37(49)30-9-8-23(3)36(42-30)46-12-10-39(11-13-46)20-45(7)21-39)38(50)43-31(19-33(47)48)29-18-27(15-26(6)35(29)41)34-24(4)16-28(40)17-25(34)5/h8-9,15-16,18,22-23,28,31-32,36H,10-14,17,19-21H2,1-7H3,(H,43,50)(H,44,49)(H,47,48)/t23?,28?,31-,32-,36?/m0/s1. The summed E-state index contributed by atoms with van der Waals surface area (Å²) in [6.45, 7) is 15.7. The van der Waals surface area contributed by atoms with Gasteiger partial charge >= 0.3 is 5.97 Å². The van der Waals surface area contributed by atoms with Crippen LogP contribution in [0.4, 0.5) is 4.39 Å². The first-order chi connectivity index (χ1) is 23.6. The quantitative estimate of drug-likeness (QED) is 0.242. The molecule has 0 radical (unpaired) electrons. The number of carbonyl (C=O) groups excluding carboxylic acids is 2. The number of carboxylic acid groups (broad SMARTS) is 1. The predicted molar refractivity (Wildman–Crippen MR) is 197 cm³/mol. The van der Waals surface area contributed by atoms with Crippen molar-refractivity contribution in [3.63, 3.8) is 0 Å². The van der Waals surface area contributed by atoms with Gasteiger partial charge in [0.05, 0.1) is 17.8 Å². The Hall–Kier alpha value is -3.34. The summed E-state index contributed by atoms with van der Waals surface area (Å²) in [6, 6.07) is 1.21. The van der Waals surface area contributed by atoms with Crippen molar-refractivity contribution in [3.8, 4) is 0 Å². The summed E-state index contributed by atoms with van der Waals surface area (Å²) in [4.78, 5) is 49.3. The van der Waals surface area contributed by atoms with Crippen LogP contribution in [-0.4, -0.2) is 89.2 Å². The summed E-state index contributed by atoms with van der Waals surface area (Å²) >= 11 is 6.40. The fourth-order valence-electron chi connectivity index (χ4n) is 8.31. The number of dihydropyridines is 1. The number of benzene rings is 1. The van der Waals surface area contributed by atoms with Crippen LogP contribution in [0.25, 0.3) is 5.57 Å². The van der Waals surface area contributed by atoms with E-state index in [1.54, 1.807) is 25.1 Å². The van der Waals surface area contributed by atoms with Crippen molar-refractivity contribution >= 4 is 40.7 Å². The van der Waals surface area contributed by atoms with Gasteiger partial charge in [0, 0.05) is 37.7 Å². The lowest BCUT2D eigenvalue weighted by Crippen LogP contribution is -2.60. The van der Waals surface area contributed by atoms with Crippen LogP contribution in [0.15, 0.2) is 46.5 Å². The average molecular weight is 710 g/mol.